The van der Waals surface area contributed by atoms with Crippen LogP contribution in [0.1, 0.15) is 11.3 Å². The van der Waals surface area contributed by atoms with E-state index in [9.17, 15) is 0 Å². The summed E-state index contributed by atoms with van der Waals surface area (Å²) < 4.78 is 0. The van der Waals surface area contributed by atoms with Gasteiger partial charge in [-0.25, -0.2) is 0 Å². The summed E-state index contributed by atoms with van der Waals surface area (Å²) in [6.45, 7) is 0.758. The lowest BCUT2D eigenvalue weighted by molar-refractivity contribution is 0.318. The average molecular weight is 271 g/mol. The first-order chi connectivity index (χ1) is 9.72. The molecule has 104 valence electrons. The van der Waals surface area contributed by atoms with E-state index < -0.39 is 0 Å². The Labute approximate surface area is 117 Å². The monoisotopic (exact) mass is 271 g/mol. The van der Waals surface area contributed by atoms with Crippen molar-refractivity contribution in [3.05, 3.63) is 54.1 Å². The second kappa shape index (κ2) is 6.51. The van der Waals surface area contributed by atoms with Crippen LogP contribution < -0.4 is 10.6 Å². The third-order valence-electron chi connectivity index (χ3n) is 3.02. The summed E-state index contributed by atoms with van der Waals surface area (Å²) in [5, 5.41) is 11.9. The molecule has 2 rings (SSSR count). The normalized spacial score (nSPS) is 11.3. The first-order valence-electron chi connectivity index (χ1n) is 6.25. The zero-order valence-corrected chi connectivity index (χ0v) is 11.3. The van der Waals surface area contributed by atoms with Crippen LogP contribution in [0.25, 0.3) is 0 Å². The van der Waals surface area contributed by atoms with Gasteiger partial charge in [-0.2, -0.15) is 0 Å². The van der Waals surface area contributed by atoms with E-state index in [1.165, 1.54) is 0 Å². The van der Waals surface area contributed by atoms with Crippen LogP contribution in [0.3, 0.4) is 0 Å². The Hall–Kier alpha value is -2.63. The Morgan fingerprint density at radius 3 is 2.90 bits per heavy atom. The number of amidine groups is 1. The standard InChI is InChI=1S/C14H17N5O/c1-19(9-6-11-4-2-3-7-17-11)13-10-16-8-5-12(13)14(15)18-20/h2-5,7-8,10,20H,6,9H2,1H3,(H2,15,18). The Morgan fingerprint density at radius 2 is 2.20 bits per heavy atom. The first kappa shape index (κ1) is 13.8. The van der Waals surface area contributed by atoms with Crippen molar-refractivity contribution >= 4 is 11.5 Å². The first-order valence-corrected chi connectivity index (χ1v) is 6.25. The van der Waals surface area contributed by atoms with Crippen molar-refractivity contribution in [3.63, 3.8) is 0 Å². The molecule has 6 nitrogen and oxygen atoms in total. The fourth-order valence-electron chi connectivity index (χ4n) is 1.91. The van der Waals surface area contributed by atoms with Gasteiger partial charge in [0.15, 0.2) is 5.84 Å². The summed E-state index contributed by atoms with van der Waals surface area (Å²) in [5.41, 5.74) is 8.17. The molecule has 0 saturated carbocycles. The summed E-state index contributed by atoms with van der Waals surface area (Å²) in [5.74, 6) is 0.0760. The van der Waals surface area contributed by atoms with Gasteiger partial charge >= 0.3 is 0 Å². The maximum atomic E-state index is 8.82. The molecule has 0 amide bonds. The summed E-state index contributed by atoms with van der Waals surface area (Å²) >= 11 is 0. The van der Waals surface area contributed by atoms with Crippen LogP contribution in [0.5, 0.6) is 0 Å². The van der Waals surface area contributed by atoms with Gasteiger partial charge in [-0.3, -0.25) is 9.97 Å². The minimum absolute atomic E-state index is 0.0760. The lowest BCUT2D eigenvalue weighted by Gasteiger charge is -2.21. The van der Waals surface area contributed by atoms with Crippen molar-refractivity contribution in [2.24, 2.45) is 10.9 Å². The summed E-state index contributed by atoms with van der Waals surface area (Å²) in [6, 6.07) is 7.57. The minimum Gasteiger partial charge on any atom is -0.409 e. The summed E-state index contributed by atoms with van der Waals surface area (Å²) in [7, 11) is 1.94. The van der Waals surface area contributed by atoms with Crippen molar-refractivity contribution in [1.82, 2.24) is 9.97 Å². The maximum Gasteiger partial charge on any atom is 0.172 e. The highest BCUT2D eigenvalue weighted by molar-refractivity contribution is 6.01. The van der Waals surface area contributed by atoms with Gasteiger partial charge in [0.05, 0.1) is 11.9 Å². The largest absolute Gasteiger partial charge is 0.409 e. The smallest absolute Gasteiger partial charge is 0.172 e. The number of aromatic nitrogens is 2. The molecule has 2 aromatic rings. The van der Waals surface area contributed by atoms with E-state index >= 15 is 0 Å². The molecule has 6 heteroatoms. The molecule has 20 heavy (non-hydrogen) atoms. The molecular weight excluding hydrogens is 254 g/mol. The molecule has 2 heterocycles. The lowest BCUT2D eigenvalue weighted by Crippen LogP contribution is -2.25. The molecule has 3 N–H and O–H groups in total. The molecule has 0 saturated heterocycles. The van der Waals surface area contributed by atoms with Crippen molar-refractivity contribution in [2.75, 3.05) is 18.5 Å². The number of anilines is 1. The summed E-state index contributed by atoms with van der Waals surface area (Å²) in [6.07, 6.45) is 5.90. The van der Waals surface area contributed by atoms with E-state index in [1.807, 2.05) is 30.1 Å². The molecule has 0 fully saturated rings. The Morgan fingerprint density at radius 1 is 1.35 bits per heavy atom. The predicted molar refractivity (Wildman–Crippen MR) is 78.0 cm³/mol. The van der Waals surface area contributed by atoms with Crippen molar-refractivity contribution in [3.8, 4) is 0 Å². The molecule has 0 aliphatic heterocycles. The molecule has 0 unspecified atom stereocenters. The molecule has 0 bridgehead atoms. The van der Waals surface area contributed by atoms with Crippen molar-refractivity contribution < 1.29 is 5.21 Å². The van der Waals surface area contributed by atoms with E-state index in [-0.39, 0.29) is 5.84 Å². The van der Waals surface area contributed by atoms with Gasteiger partial charge in [-0.15, -0.1) is 0 Å². The van der Waals surface area contributed by atoms with Crippen LogP contribution in [-0.4, -0.2) is 34.6 Å². The zero-order chi connectivity index (χ0) is 14.4. The van der Waals surface area contributed by atoms with Crippen LogP contribution in [0.4, 0.5) is 5.69 Å². The van der Waals surface area contributed by atoms with Gasteiger partial charge in [0, 0.05) is 43.7 Å². The molecular formula is C14H17N5O. The van der Waals surface area contributed by atoms with Crippen molar-refractivity contribution in [2.45, 2.75) is 6.42 Å². The fourth-order valence-corrected chi connectivity index (χ4v) is 1.91. The minimum atomic E-state index is 0.0760. The molecule has 0 radical (unpaired) electrons. The van der Waals surface area contributed by atoms with E-state index in [2.05, 4.69) is 15.1 Å². The molecule has 0 atom stereocenters. The lowest BCUT2D eigenvalue weighted by atomic mass is 10.2. The number of hydrogen-bond donors (Lipinski definition) is 2. The number of nitrogens with two attached hydrogens (primary N) is 1. The second-order valence-electron chi connectivity index (χ2n) is 4.37. The Bertz CT molecular complexity index is 585. The predicted octanol–water partition coefficient (Wildman–Crippen LogP) is 1.25. The van der Waals surface area contributed by atoms with Crippen LogP contribution in [-0.2, 0) is 6.42 Å². The highest BCUT2D eigenvalue weighted by Gasteiger charge is 2.11. The van der Waals surface area contributed by atoms with E-state index in [0.717, 1.165) is 24.3 Å². The van der Waals surface area contributed by atoms with Gasteiger partial charge in [-0.05, 0) is 18.2 Å². The van der Waals surface area contributed by atoms with Crippen LogP contribution >= 0.6 is 0 Å². The zero-order valence-electron chi connectivity index (χ0n) is 11.3. The van der Waals surface area contributed by atoms with Gasteiger partial charge in [0.1, 0.15) is 0 Å². The summed E-state index contributed by atoms with van der Waals surface area (Å²) in [4.78, 5) is 10.4. The van der Waals surface area contributed by atoms with E-state index in [0.29, 0.717) is 5.56 Å². The third kappa shape index (κ3) is 3.23. The van der Waals surface area contributed by atoms with E-state index in [4.69, 9.17) is 10.9 Å². The average Bonchev–Trinajstić information content (AvgIpc) is 2.52. The number of nitrogens with zero attached hydrogens (tertiary/aromatic N) is 4. The van der Waals surface area contributed by atoms with Gasteiger partial charge in [0.2, 0.25) is 0 Å². The number of rotatable bonds is 5. The number of hydrogen-bond acceptors (Lipinski definition) is 5. The van der Waals surface area contributed by atoms with Crippen LogP contribution in [0, 0.1) is 0 Å². The SMILES string of the molecule is CN(CCc1ccccn1)c1cnccc1/C(N)=N/O. The Balaban J connectivity index is 2.11. The molecule has 0 aliphatic carbocycles. The molecule has 0 aliphatic rings. The molecule has 0 aromatic carbocycles. The number of pyridine rings is 2. The third-order valence-corrected chi connectivity index (χ3v) is 3.02. The topological polar surface area (TPSA) is 87.6 Å². The van der Waals surface area contributed by atoms with Crippen molar-refractivity contribution in [1.29, 1.82) is 0 Å². The van der Waals surface area contributed by atoms with Gasteiger partial charge in [-0.1, -0.05) is 11.2 Å². The van der Waals surface area contributed by atoms with E-state index in [1.54, 1.807) is 24.7 Å². The highest BCUT2D eigenvalue weighted by atomic mass is 16.4. The quantitative estimate of drug-likeness (QED) is 0.370. The van der Waals surface area contributed by atoms with Crippen LogP contribution in [0.2, 0.25) is 0 Å². The Kier molecular flexibility index (Phi) is 4.49. The second-order valence-corrected chi connectivity index (χ2v) is 4.37. The number of oxime groups is 1. The van der Waals surface area contributed by atoms with Crippen LogP contribution in [0.15, 0.2) is 48.0 Å². The molecule has 2 aromatic heterocycles. The fraction of sp³-hybridized carbons (Fsp3) is 0.214. The highest BCUT2D eigenvalue weighted by Crippen LogP contribution is 2.17. The van der Waals surface area contributed by atoms with Gasteiger partial charge < -0.3 is 15.8 Å². The maximum absolute atomic E-state index is 8.82. The van der Waals surface area contributed by atoms with Gasteiger partial charge in [0.25, 0.3) is 0 Å². The molecule has 0 spiro atoms. The number of likely N-dealkylation sites (N-methyl/N-ethyl adjacent to an activating group) is 1.